The van der Waals surface area contributed by atoms with Crippen LogP contribution >= 0.6 is 24.0 Å². The van der Waals surface area contributed by atoms with Gasteiger partial charge >= 0.3 is 0 Å². The Morgan fingerprint density at radius 3 is 2.62 bits per heavy atom. The molecule has 7 heteroatoms. The van der Waals surface area contributed by atoms with Crippen LogP contribution in [0.2, 0.25) is 0 Å². The summed E-state index contributed by atoms with van der Waals surface area (Å²) in [4.78, 5) is 20.6. The lowest BCUT2D eigenvalue weighted by atomic mass is 10.1. The van der Waals surface area contributed by atoms with E-state index in [4.69, 9.17) is 9.73 Å². The number of hydrogen-bond acceptors (Lipinski definition) is 3. The molecule has 1 N–H and O–H groups in total. The van der Waals surface area contributed by atoms with Crippen LogP contribution in [-0.4, -0.2) is 73.6 Å². The number of carbonyl (C=O) groups is 1. The molecule has 6 nitrogen and oxygen atoms in total. The highest BCUT2D eigenvalue weighted by Crippen LogP contribution is 2.14. The highest BCUT2D eigenvalue weighted by Gasteiger charge is 2.22. The highest BCUT2D eigenvalue weighted by molar-refractivity contribution is 14.0. The summed E-state index contributed by atoms with van der Waals surface area (Å²) in [6.45, 7) is 10.4. The van der Waals surface area contributed by atoms with Gasteiger partial charge < -0.3 is 19.9 Å². The zero-order chi connectivity index (χ0) is 16.5. The quantitative estimate of drug-likeness (QED) is 0.278. The maximum atomic E-state index is 11.6. The fourth-order valence-corrected chi connectivity index (χ4v) is 3.28. The molecule has 0 saturated carbocycles. The molecule has 2 aliphatic rings. The third-order valence-electron chi connectivity index (χ3n) is 4.50. The van der Waals surface area contributed by atoms with Crippen LogP contribution in [0.5, 0.6) is 0 Å². The largest absolute Gasteiger partial charge is 0.378 e. The molecule has 2 saturated heterocycles. The fraction of sp³-hybridized carbons (Fsp3) is 0.882. The highest BCUT2D eigenvalue weighted by atomic mass is 127. The van der Waals surface area contributed by atoms with Gasteiger partial charge in [-0.1, -0.05) is 0 Å². The van der Waals surface area contributed by atoms with Crippen LogP contribution in [0.4, 0.5) is 0 Å². The molecule has 0 aromatic carbocycles. The third-order valence-corrected chi connectivity index (χ3v) is 4.50. The number of ether oxygens (including phenoxy) is 1. The maximum absolute atomic E-state index is 11.6. The summed E-state index contributed by atoms with van der Waals surface area (Å²) in [5, 5.41) is 3.39. The molecule has 0 spiro atoms. The monoisotopic (exact) mass is 452 g/mol. The Bertz CT molecular complexity index is 398. The number of halogens is 1. The zero-order valence-electron chi connectivity index (χ0n) is 15.1. The van der Waals surface area contributed by atoms with Crippen molar-refractivity contribution in [2.24, 2.45) is 4.99 Å². The van der Waals surface area contributed by atoms with Gasteiger partial charge in [0.25, 0.3) is 0 Å². The molecule has 24 heavy (non-hydrogen) atoms. The molecular weight excluding hydrogens is 419 g/mol. The Hall–Kier alpha value is -0.570. The van der Waals surface area contributed by atoms with Gasteiger partial charge in [0.05, 0.1) is 6.10 Å². The second-order valence-corrected chi connectivity index (χ2v) is 6.22. The standard InChI is InChI=1S/C17H32N4O2.HI/c1-3-18-17(21-13-8-15(9-14-21)23-4-2)19-10-6-12-20-11-5-7-16(20)22;/h15H,3-14H2,1-2H3,(H,18,19);1H. The number of likely N-dealkylation sites (tertiary alicyclic amines) is 2. The lowest BCUT2D eigenvalue weighted by Gasteiger charge is -2.34. The lowest BCUT2D eigenvalue weighted by molar-refractivity contribution is -0.127. The molecule has 0 aliphatic carbocycles. The molecule has 1 amide bonds. The van der Waals surface area contributed by atoms with E-state index in [0.717, 1.165) is 83.9 Å². The van der Waals surface area contributed by atoms with Crippen molar-refractivity contribution in [1.29, 1.82) is 0 Å². The summed E-state index contributed by atoms with van der Waals surface area (Å²) in [5.74, 6) is 1.31. The molecule has 2 heterocycles. The van der Waals surface area contributed by atoms with Crippen molar-refractivity contribution in [2.45, 2.75) is 52.1 Å². The van der Waals surface area contributed by atoms with Crippen LogP contribution in [-0.2, 0) is 9.53 Å². The Morgan fingerprint density at radius 1 is 1.29 bits per heavy atom. The lowest BCUT2D eigenvalue weighted by Crippen LogP contribution is -2.47. The topological polar surface area (TPSA) is 57.2 Å². The SMILES string of the molecule is CCNC(=NCCCN1CCCC1=O)N1CCC(OCC)CC1.I. The third kappa shape index (κ3) is 6.74. The summed E-state index contributed by atoms with van der Waals surface area (Å²) < 4.78 is 5.71. The first-order chi connectivity index (χ1) is 11.2. The van der Waals surface area contributed by atoms with E-state index >= 15 is 0 Å². The molecule has 2 rings (SSSR count). The van der Waals surface area contributed by atoms with Gasteiger partial charge in [0, 0.05) is 52.3 Å². The molecule has 140 valence electrons. The summed E-state index contributed by atoms with van der Waals surface area (Å²) in [6, 6.07) is 0. The van der Waals surface area contributed by atoms with E-state index in [1.807, 2.05) is 4.90 Å². The summed E-state index contributed by atoms with van der Waals surface area (Å²) >= 11 is 0. The van der Waals surface area contributed by atoms with E-state index in [9.17, 15) is 4.79 Å². The van der Waals surface area contributed by atoms with Crippen LogP contribution < -0.4 is 5.32 Å². The van der Waals surface area contributed by atoms with Crippen LogP contribution in [0.3, 0.4) is 0 Å². The van der Waals surface area contributed by atoms with E-state index < -0.39 is 0 Å². The summed E-state index contributed by atoms with van der Waals surface area (Å²) in [6.07, 6.45) is 5.22. The van der Waals surface area contributed by atoms with Crippen molar-refractivity contribution in [3.05, 3.63) is 0 Å². The Morgan fingerprint density at radius 2 is 2.04 bits per heavy atom. The fourth-order valence-electron chi connectivity index (χ4n) is 3.28. The number of piperidine rings is 1. The molecule has 0 atom stereocenters. The van der Waals surface area contributed by atoms with Crippen molar-refractivity contribution in [3.63, 3.8) is 0 Å². The smallest absolute Gasteiger partial charge is 0.222 e. The molecule has 0 aromatic heterocycles. The molecule has 0 radical (unpaired) electrons. The first-order valence-electron chi connectivity index (χ1n) is 9.17. The van der Waals surface area contributed by atoms with Crippen LogP contribution in [0.25, 0.3) is 0 Å². The molecule has 0 aromatic rings. The van der Waals surface area contributed by atoms with Gasteiger partial charge in [-0.05, 0) is 39.5 Å². The Kier molecular flexibility index (Phi) is 10.6. The van der Waals surface area contributed by atoms with Crippen molar-refractivity contribution in [3.8, 4) is 0 Å². The van der Waals surface area contributed by atoms with Crippen LogP contribution in [0.15, 0.2) is 4.99 Å². The van der Waals surface area contributed by atoms with Crippen molar-refractivity contribution in [1.82, 2.24) is 15.1 Å². The number of guanidine groups is 1. The van der Waals surface area contributed by atoms with E-state index in [1.165, 1.54) is 0 Å². The number of aliphatic imine (C=N–C) groups is 1. The number of rotatable bonds is 7. The normalized spacial score (nSPS) is 19.6. The second kappa shape index (κ2) is 11.9. The van der Waals surface area contributed by atoms with Crippen molar-refractivity contribution in [2.75, 3.05) is 45.9 Å². The minimum atomic E-state index is 0. The summed E-state index contributed by atoms with van der Waals surface area (Å²) in [5.41, 5.74) is 0. The number of hydrogen-bond donors (Lipinski definition) is 1. The van der Waals surface area contributed by atoms with Gasteiger partial charge in [0.1, 0.15) is 0 Å². The van der Waals surface area contributed by atoms with Crippen molar-refractivity contribution >= 4 is 35.8 Å². The van der Waals surface area contributed by atoms with Crippen molar-refractivity contribution < 1.29 is 9.53 Å². The van der Waals surface area contributed by atoms with Crippen LogP contribution in [0, 0.1) is 0 Å². The maximum Gasteiger partial charge on any atom is 0.222 e. The van der Waals surface area contributed by atoms with E-state index in [-0.39, 0.29) is 24.0 Å². The van der Waals surface area contributed by atoms with Gasteiger partial charge in [-0.15, -0.1) is 24.0 Å². The minimum Gasteiger partial charge on any atom is -0.378 e. The van der Waals surface area contributed by atoms with Gasteiger partial charge in [-0.2, -0.15) is 0 Å². The average Bonchev–Trinajstić information content (AvgIpc) is 2.97. The van der Waals surface area contributed by atoms with Gasteiger partial charge in [0.15, 0.2) is 5.96 Å². The first kappa shape index (κ1) is 21.5. The van der Waals surface area contributed by atoms with E-state index in [0.29, 0.717) is 12.0 Å². The minimum absolute atomic E-state index is 0. The molecule has 0 bridgehead atoms. The van der Waals surface area contributed by atoms with E-state index in [2.05, 4.69) is 24.1 Å². The number of nitrogens with one attached hydrogen (secondary N) is 1. The number of amides is 1. The predicted molar refractivity (Wildman–Crippen MR) is 108 cm³/mol. The van der Waals surface area contributed by atoms with Gasteiger partial charge in [-0.25, -0.2) is 0 Å². The molecular formula is C17H33IN4O2. The second-order valence-electron chi connectivity index (χ2n) is 6.22. The van der Waals surface area contributed by atoms with Gasteiger partial charge in [-0.3, -0.25) is 9.79 Å². The zero-order valence-corrected chi connectivity index (χ0v) is 17.5. The molecule has 2 aliphatic heterocycles. The first-order valence-corrected chi connectivity index (χ1v) is 9.17. The van der Waals surface area contributed by atoms with E-state index in [1.54, 1.807) is 0 Å². The molecule has 0 unspecified atom stereocenters. The Balaban J connectivity index is 0.00000288. The molecule has 2 fully saturated rings. The van der Waals surface area contributed by atoms with Crippen LogP contribution in [0.1, 0.15) is 46.0 Å². The summed E-state index contributed by atoms with van der Waals surface area (Å²) in [7, 11) is 0. The van der Waals surface area contributed by atoms with Gasteiger partial charge in [0.2, 0.25) is 5.91 Å². The number of nitrogens with zero attached hydrogens (tertiary/aromatic N) is 3. The average molecular weight is 452 g/mol. The number of carbonyl (C=O) groups excluding carboxylic acids is 1. The Labute approximate surface area is 163 Å². The predicted octanol–water partition coefficient (Wildman–Crippen LogP) is 2.08.